The third-order valence-electron chi connectivity index (χ3n) is 5.50. The fraction of sp³-hybridized carbons (Fsp3) is 0.200. The van der Waals surface area contributed by atoms with Crippen LogP contribution in [0, 0.1) is 12.3 Å². The van der Waals surface area contributed by atoms with Crippen LogP contribution < -0.4 is 10.1 Å². The Morgan fingerprint density at radius 1 is 1.30 bits per heavy atom. The number of rotatable bonds is 4. The maximum absolute atomic E-state index is 13.1. The number of ketones is 1. The molecule has 2 aromatic heterocycles. The van der Waals surface area contributed by atoms with Crippen LogP contribution in [0.4, 0.5) is 0 Å². The van der Waals surface area contributed by atoms with Gasteiger partial charge in [-0.05, 0) is 47.2 Å². The van der Waals surface area contributed by atoms with E-state index in [2.05, 4.69) is 41.2 Å². The highest BCUT2D eigenvalue weighted by atomic mass is 32.1. The van der Waals surface area contributed by atoms with Crippen molar-refractivity contribution in [3.8, 4) is 29.4 Å². The highest BCUT2D eigenvalue weighted by molar-refractivity contribution is 7.10. The zero-order chi connectivity index (χ0) is 21.3. The summed E-state index contributed by atoms with van der Waals surface area (Å²) in [6, 6.07) is 13.7. The Labute approximate surface area is 180 Å². The number of ether oxygens (including phenoxy) is 1. The Morgan fingerprint density at radius 2 is 2.13 bits per heavy atom. The van der Waals surface area contributed by atoms with Crippen LogP contribution in [0.3, 0.4) is 0 Å². The first kappa shape index (κ1) is 19.9. The van der Waals surface area contributed by atoms with E-state index in [9.17, 15) is 4.79 Å². The molecule has 3 heterocycles. The zero-order valence-electron chi connectivity index (χ0n) is 16.9. The van der Waals surface area contributed by atoms with E-state index in [0.29, 0.717) is 12.3 Å². The minimum atomic E-state index is -0.630. The van der Waals surface area contributed by atoms with E-state index in [-0.39, 0.29) is 11.7 Å². The summed E-state index contributed by atoms with van der Waals surface area (Å²) in [7, 11) is 1.58. The number of carbonyl (C=O) groups excluding carboxylic acids is 1. The van der Waals surface area contributed by atoms with Crippen LogP contribution in [0.1, 0.15) is 35.3 Å². The molecule has 4 rings (SSSR count). The number of allylic oxidation sites excluding steroid dienone is 1. The molecule has 1 aliphatic rings. The Bertz CT molecular complexity index is 1160. The lowest BCUT2D eigenvalue weighted by Crippen LogP contribution is -2.50. The van der Waals surface area contributed by atoms with Crippen molar-refractivity contribution in [2.45, 2.75) is 24.8 Å². The molecule has 0 unspecified atom stereocenters. The summed E-state index contributed by atoms with van der Waals surface area (Å²) < 4.78 is 5.17. The summed E-state index contributed by atoms with van der Waals surface area (Å²) >= 11 is 1.62. The lowest BCUT2D eigenvalue weighted by Gasteiger charge is -2.42. The molecule has 30 heavy (non-hydrogen) atoms. The second-order valence-electron chi connectivity index (χ2n) is 7.57. The second-order valence-corrected chi connectivity index (χ2v) is 8.48. The SMILES string of the molecule is C#Cc1cccc(-c2csc([C@@]3(C)NC(=C)CC(=O)[C@@H]3c3ccc(OC)nc3)c2)c1. The molecule has 0 radical (unpaired) electrons. The lowest BCUT2D eigenvalue weighted by molar-refractivity contribution is -0.123. The van der Waals surface area contributed by atoms with Crippen molar-refractivity contribution >= 4 is 17.1 Å². The largest absolute Gasteiger partial charge is 0.481 e. The smallest absolute Gasteiger partial charge is 0.212 e. The molecular weight excluding hydrogens is 392 g/mol. The van der Waals surface area contributed by atoms with Gasteiger partial charge in [-0.3, -0.25) is 4.79 Å². The average Bonchev–Trinajstić information content (AvgIpc) is 3.25. The third-order valence-corrected chi connectivity index (χ3v) is 6.67. The van der Waals surface area contributed by atoms with Gasteiger partial charge < -0.3 is 10.1 Å². The molecule has 150 valence electrons. The van der Waals surface area contributed by atoms with E-state index in [0.717, 1.165) is 32.8 Å². The van der Waals surface area contributed by atoms with Gasteiger partial charge in [0.15, 0.2) is 0 Å². The van der Waals surface area contributed by atoms with Crippen molar-refractivity contribution in [3.63, 3.8) is 0 Å². The van der Waals surface area contributed by atoms with Crippen molar-refractivity contribution in [1.82, 2.24) is 10.3 Å². The fourth-order valence-corrected chi connectivity index (χ4v) is 5.14. The Balaban J connectivity index is 1.77. The van der Waals surface area contributed by atoms with Crippen molar-refractivity contribution in [3.05, 3.63) is 82.3 Å². The van der Waals surface area contributed by atoms with Crippen molar-refractivity contribution in [2.75, 3.05) is 7.11 Å². The maximum atomic E-state index is 13.1. The fourth-order valence-electron chi connectivity index (χ4n) is 4.07. The topological polar surface area (TPSA) is 51.2 Å². The first-order valence-electron chi connectivity index (χ1n) is 9.59. The van der Waals surface area contributed by atoms with E-state index < -0.39 is 5.54 Å². The number of carbonyl (C=O) groups is 1. The lowest BCUT2D eigenvalue weighted by atomic mass is 9.73. The predicted octanol–water partition coefficient (Wildman–Crippen LogP) is 4.88. The number of aromatic nitrogens is 1. The number of nitrogens with zero attached hydrogens (tertiary/aromatic N) is 1. The number of benzene rings is 1. The molecule has 0 bridgehead atoms. The quantitative estimate of drug-likeness (QED) is 0.619. The molecule has 5 heteroatoms. The highest BCUT2D eigenvalue weighted by Gasteiger charge is 2.46. The standard InChI is InChI=1S/C25H22N2O2S/c1-5-17-7-6-8-18(12-17)20-13-22(30-15-20)25(3)24(21(28)11-16(2)27-25)19-9-10-23(29-4)26-14-19/h1,6-10,12-15,24,27H,2,11H2,3-4H3/t24-,25+/m0/s1. The maximum Gasteiger partial charge on any atom is 0.212 e. The van der Waals surface area contributed by atoms with Crippen LogP contribution in [0.15, 0.2) is 66.3 Å². The van der Waals surface area contributed by atoms with Crippen LogP contribution in [-0.4, -0.2) is 17.9 Å². The Kier molecular flexibility index (Phi) is 5.19. The van der Waals surface area contributed by atoms with Gasteiger partial charge in [-0.25, -0.2) is 4.98 Å². The molecular formula is C25H22N2O2S. The molecule has 0 aliphatic carbocycles. The molecule has 1 aromatic carbocycles. The molecule has 1 aliphatic heterocycles. The van der Waals surface area contributed by atoms with Gasteiger partial charge in [0, 0.05) is 34.8 Å². The number of pyridine rings is 1. The average molecular weight is 415 g/mol. The molecule has 3 aromatic rings. The number of Topliss-reactive ketones (excluding diaryl/α,β-unsaturated/α-hetero) is 1. The van der Waals surface area contributed by atoms with Crippen LogP contribution in [-0.2, 0) is 10.3 Å². The van der Waals surface area contributed by atoms with Gasteiger partial charge in [-0.2, -0.15) is 0 Å². The number of nitrogens with one attached hydrogen (secondary N) is 1. The highest BCUT2D eigenvalue weighted by Crippen LogP contribution is 2.45. The first-order valence-corrected chi connectivity index (χ1v) is 10.5. The molecule has 4 nitrogen and oxygen atoms in total. The van der Waals surface area contributed by atoms with E-state index in [1.807, 2.05) is 30.3 Å². The number of terminal acetylenes is 1. The summed E-state index contributed by atoms with van der Waals surface area (Å²) in [5.74, 6) is 2.94. The first-order chi connectivity index (χ1) is 14.4. The van der Waals surface area contributed by atoms with E-state index >= 15 is 0 Å². The van der Waals surface area contributed by atoms with Gasteiger partial charge in [0.05, 0.1) is 18.6 Å². The molecule has 1 saturated heterocycles. The van der Waals surface area contributed by atoms with Crippen molar-refractivity contribution in [2.24, 2.45) is 0 Å². The normalized spacial score (nSPS) is 21.0. The Hall–Kier alpha value is -3.36. The number of hydrogen-bond acceptors (Lipinski definition) is 5. The third kappa shape index (κ3) is 3.51. The summed E-state index contributed by atoms with van der Waals surface area (Å²) in [4.78, 5) is 18.5. The van der Waals surface area contributed by atoms with Gasteiger partial charge in [0.25, 0.3) is 0 Å². The number of thiophene rings is 1. The Morgan fingerprint density at radius 3 is 2.83 bits per heavy atom. The van der Waals surface area contributed by atoms with Crippen LogP contribution >= 0.6 is 11.3 Å². The van der Waals surface area contributed by atoms with Gasteiger partial charge in [-0.15, -0.1) is 17.8 Å². The molecule has 0 amide bonds. The van der Waals surface area contributed by atoms with Gasteiger partial charge in [-0.1, -0.05) is 30.7 Å². The molecule has 0 spiro atoms. The van der Waals surface area contributed by atoms with Crippen molar-refractivity contribution in [1.29, 1.82) is 0 Å². The minimum absolute atomic E-state index is 0.123. The number of methoxy groups -OCH3 is 1. The molecule has 1 fully saturated rings. The zero-order valence-corrected chi connectivity index (χ0v) is 17.8. The summed E-state index contributed by atoms with van der Waals surface area (Å²) in [6.07, 6.45) is 7.58. The van der Waals surface area contributed by atoms with Gasteiger partial charge in [0.2, 0.25) is 5.88 Å². The van der Waals surface area contributed by atoms with Gasteiger partial charge in [0.1, 0.15) is 5.78 Å². The minimum Gasteiger partial charge on any atom is -0.481 e. The number of piperidine rings is 1. The van der Waals surface area contributed by atoms with Gasteiger partial charge >= 0.3 is 0 Å². The molecule has 0 saturated carbocycles. The predicted molar refractivity (Wildman–Crippen MR) is 120 cm³/mol. The number of hydrogen-bond donors (Lipinski definition) is 1. The van der Waals surface area contributed by atoms with E-state index in [4.69, 9.17) is 11.2 Å². The summed E-state index contributed by atoms with van der Waals surface area (Å²) in [5.41, 5.74) is 3.92. The molecule has 1 N–H and O–H groups in total. The van der Waals surface area contributed by atoms with Crippen LogP contribution in [0.5, 0.6) is 5.88 Å². The molecule has 2 atom stereocenters. The monoisotopic (exact) mass is 414 g/mol. The summed E-state index contributed by atoms with van der Waals surface area (Å²) in [5, 5.41) is 5.61. The second kappa shape index (κ2) is 7.81. The van der Waals surface area contributed by atoms with Crippen molar-refractivity contribution < 1.29 is 9.53 Å². The van der Waals surface area contributed by atoms with E-state index in [1.54, 1.807) is 30.7 Å². The van der Waals surface area contributed by atoms with E-state index in [1.165, 1.54) is 0 Å². The van der Waals surface area contributed by atoms with Crippen LogP contribution in [0.2, 0.25) is 0 Å². The summed E-state index contributed by atoms with van der Waals surface area (Å²) in [6.45, 7) is 6.10. The van der Waals surface area contributed by atoms with Crippen LogP contribution in [0.25, 0.3) is 11.1 Å².